The molecule has 12 nitrogen and oxygen atoms in total. The van der Waals surface area contributed by atoms with Crippen LogP contribution in [-0.2, 0) is 19.7 Å². The Kier molecular flexibility index (Phi) is 14.0. The second-order valence-corrected chi connectivity index (χ2v) is 20.0. The summed E-state index contributed by atoms with van der Waals surface area (Å²) in [4.78, 5) is 21.6. The molecular formula is C40H43BrCl2N8O4S2. The molecule has 2 saturated heterocycles. The van der Waals surface area contributed by atoms with Gasteiger partial charge in [-0.15, -0.1) is 0 Å². The maximum Gasteiger partial charge on any atom is 0.180 e. The van der Waals surface area contributed by atoms with Crippen LogP contribution in [0.15, 0.2) is 112 Å². The first kappa shape index (κ1) is 42.6. The number of likely N-dealkylation sites (tertiary alicyclic amines) is 2. The van der Waals surface area contributed by atoms with Gasteiger partial charge in [0, 0.05) is 48.0 Å². The van der Waals surface area contributed by atoms with Gasteiger partial charge < -0.3 is 20.9 Å². The van der Waals surface area contributed by atoms with Crippen LogP contribution >= 0.6 is 39.1 Å². The standard InChI is InChI=1S/C20H21ClN4O2S.C12H18N2O2S.C8H4BrClN2/c1-25-9-6-14(12-25)13-28(26,27)19-5-3-2-4-17(19)24-15-10-16(21)20-18(11-15)22-7-8-23-20;1-14-7-6-10(8-14)9-17(15,16)12-5-3-2-4-11(12)13;9-5-3-6(10)8-7(4-5)11-1-2-12-8/h2-5,7-8,10-11,14,24H,6,9,12-13H2,1H3;2-5,10H,6-9,13H2,1H3;1-4H. The van der Waals surface area contributed by atoms with Gasteiger partial charge in [0.05, 0.1) is 53.8 Å². The lowest BCUT2D eigenvalue weighted by Crippen LogP contribution is -2.20. The van der Waals surface area contributed by atoms with Crippen LogP contribution < -0.4 is 11.1 Å². The number of nitrogens with one attached hydrogen (secondary N) is 1. The van der Waals surface area contributed by atoms with E-state index in [2.05, 4.69) is 51.0 Å². The molecule has 0 aliphatic carbocycles. The average molecular weight is 915 g/mol. The summed E-state index contributed by atoms with van der Waals surface area (Å²) >= 11 is 15.6. The van der Waals surface area contributed by atoms with Crippen molar-refractivity contribution in [3.8, 4) is 0 Å². The van der Waals surface area contributed by atoms with Crippen molar-refractivity contribution >= 4 is 97.9 Å². The minimum absolute atomic E-state index is 0.153. The maximum atomic E-state index is 13.1. The molecule has 0 saturated carbocycles. The number of anilines is 3. The van der Waals surface area contributed by atoms with E-state index in [9.17, 15) is 16.8 Å². The first-order valence-electron chi connectivity index (χ1n) is 18.2. The lowest BCUT2D eigenvalue weighted by atomic mass is 10.2. The first-order valence-corrected chi connectivity index (χ1v) is 23.0. The fourth-order valence-corrected chi connectivity index (χ4v) is 11.7. The number of para-hydroxylation sites is 2. The Morgan fingerprint density at radius 3 is 1.75 bits per heavy atom. The van der Waals surface area contributed by atoms with Gasteiger partial charge in [-0.3, -0.25) is 19.9 Å². The fraction of sp³-hybridized carbons (Fsp3) is 0.300. The Morgan fingerprint density at radius 2 is 1.19 bits per heavy atom. The SMILES string of the molecule is CN1CCC(CS(=O)(=O)c2ccccc2N)C1.CN1CCC(CS(=O)(=O)c2ccccc2Nc2cc(Cl)c3nccnc3c2)C1.Clc1cc(Br)cc2nccnc12. The molecule has 0 bridgehead atoms. The van der Waals surface area contributed by atoms with Crippen LogP contribution in [0.2, 0.25) is 10.0 Å². The largest absolute Gasteiger partial charge is 0.398 e. The molecule has 2 aromatic heterocycles. The normalized spacial score (nSPS) is 17.5. The van der Waals surface area contributed by atoms with E-state index >= 15 is 0 Å². The second kappa shape index (κ2) is 18.7. The molecule has 2 fully saturated rings. The van der Waals surface area contributed by atoms with Gasteiger partial charge in [-0.25, -0.2) is 16.8 Å². The number of fused-ring (bicyclic) bond motifs is 2. The van der Waals surface area contributed by atoms with Crippen molar-refractivity contribution in [3.63, 3.8) is 0 Å². The molecule has 17 heteroatoms. The van der Waals surface area contributed by atoms with Crippen molar-refractivity contribution in [1.29, 1.82) is 0 Å². The summed E-state index contributed by atoms with van der Waals surface area (Å²) in [5.41, 5.74) is 10.1. The summed E-state index contributed by atoms with van der Waals surface area (Å²) in [5, 5.41) is 4.28. The number of nitrogens with two attached hydrogens (primary N) is 1. The molecule has 300 valence electrons. The molecule has 2 aliphatic heterocycles. The molecule has 8 rings (SSSR count). The zero-order valence-electron chi connectivity index (χ0n) is 31.4. The van der Waals surface area contributed by atoms with Gasteiger partial charge in [-0.1, -0.05) is 63.4 Å². The molecule has 0 amide bonds. The predicted octanol–water partition coefficient (Wildman–Crippen LogP) is 7.79. The third kappa shape index (κ3) is 11.2. The number of halogens is 3. The van der Waals surface area contributed by atoms with E-state index in [1.165, 1.54) is 0 Å². The molecule has 57 heavy (non-hydrogen) atoms. The van der Waals surface area contributed by atoms with E-state index in [1.807, 2.05) is 32.3 Å². The van der Waals surface area contributed by atoms with E-state index in [0.29, 0.717) is 43.0 Å². The Labute approximate surface area is 351 Å². The summed E-state index contributed by atoms with van der Waals surface area (Å²) in [6.45, 7) is 3.58. The van der Waals surface area contributed by atoms with Gasteiger partial charge in [0.25, 0.3) is 0 Å². The second-order valence-electron chi connectivity index (χ2n) is 14.2. The van der Waals surface area contributed by atoms with Crippen LogP contribution in [0.25, 0.3) is 22.1 Å². The monoisotopic (exact) mass is 912 g/mol. The molecule has 0 spiro atoms. The van der Waals surface area contributed by atoms with E-state index in [1.54, 1.807) is 79.4 Å². The van der Waals surface area contributed by atoms with Crippen LogP contribution in [0.3, 0.4) is 0 Å². The lowest BCUT2D eigenvalue weighted by molar-refractivity contribution is 0.401. The maximum absolute atomic E-state index is 13.1. The lowest BCUT2D eigenvalue weighted by Gasteiger charge is -2.15. The van der Waals surface area contributed by atoms with Crippen LogP contribution in [-0.4, -0.2) is 98.4 Å². The number of sulfone groups is 2. The molecule has 2 atom stereocenters. The van der Waals surface area contributed by atoms with Gasteiger partial charge in [0.1, 0.15) is 11.0 Å². The number of aromatic nitrogens is 4. The number of hydrogen-bond donors (Lipinski definition) is 2. The van der Waals surface area contributed by atoms with Crippen LogP contribution in [0.1, 0.15) is 12.8 Å². The number of hydrogen-bond acceptors (Lipinski definition) is 12. The van der Waals surface area contributed by atoms with Crippen LogP contribution in [0.4, 0.5) is 17.1 Å². The van der Waals surface area contributed by atoms with Gasteiger partial charge >= 0.3 is 0 Å². The summed E-state index contributed by atoms with van der Waals surface area (Å²) < 4.78 is 51.5. The zero-order chi connectivity index (χ0) is 40.7. The van der Waals surface area contributed by atoms with E-state index in [-0.39, 0.29) is 28.2 Å². The topological polar surface area (TPSA) is 164 Å². The molecule has 3 N–H and O–H groups in total. The van der Waals surface area contributed by atoms with E-state index in [0.717, 1.165) is 54.5 Å². The van der Waals surface area contributed by atoms with Crippen molar-refractivity contribution in [1.82, 2.24) is 29.7 Å². The van der Waals surface area contributed by atoms with Crippen molar-refractivity contribution < 1.29 is 16.8 Å². The molecule has 4 heterocycles. The summed E-state index contributed by atoms with van der Waals surface area (Å²) in [5.74, 6) is 0.740. The highest BCUT2D eigenvalue weighted by Gasteiger charge is 2.29. The molecule has 2 aliphatic rings. The van der Waals surface area contributed by atoms with Gasteiger partial charge in [0.2, 0.25) is 0 Å². The zero-order valence-corrected chi connectivity index (χ0v) is 36.1. The molecule has 4 aromatic carbocycles. The van der Waals surface area contributed by atoms with Gasteiger partial charge in [0.15, 0.2) is 19.7 Å². The Balaban J connectivity index is 0.000000160. The minimum atomic E-state index is -3.42. The Bertz CT molecular complexity index is 2590. The highest BCUT2D eigenvalue weighted by molar-refractivity contribution is 9.10. The van der Waals surface area contributed by atoms with Crippen LogP contribution in [0, 0.1) is 11.8 Å². The average Bonchev–Trinajstić information content (AvgIpc) is 3.77. The molecule has 0 radical (unpaired) electrons. The summed E-state index contributed by atoms with van der Waals surface area (Å²) in [6.07, 6.45) is 8.31. The summed E-state index contributed by atoms with van der Waals surface area (Å²) in [6, 6.07) is 20.9. The van der Waals surface area contributed by atoms with Crippen LogP contribution in [0.5, 0.6) is 0 Å². The van der Waals surface area contributed by atoms with Crippen molar-refractivity contribution in [2.45, 2.75) is 22.6 Å². The predicted molar refractivity (Wildman–Crippen MR) is 233 cm³/mol. The minimum Gasteiger partial charge on any atom is -0.398 e. The smallest absolute Gasteiger partial charge is 0.180 e. The highest BCUT2D eigenvalue weighted by Crippen LogP contribution is 2.32. The molecule has 6 aromatic rings. The number of rotatable bonds is 8. The van der Waals surface area contributed by atoms with Crippen molar-refractivity contribution in [2.24, 2.45) is 11.8 Å². The van der Waals surface area contributed by atoms with E-state index in [4.69, 9.17) is 28.9 Å². The number of nitrogens with zero attached hydrogens (tertiary/aromatic N) is 6. The molecule has 2 unspecified atom stereocenters. The third-order valence-corrected chi connectivity index (χ3v) is 14.6. The Morgan fingerprint density at radius 1 is 0.702 bits per heavy atom. The van der Waals surface area contributed by atoms with Gasteiger partial charge in [-0.05, 0) is 100 Å². The summed E-state index contributed by atoms with van der Waals surface area (Å²) in [7, 11) is -2.63. The quantitative estimate of drug-likeness (QED) is 0.143. The Hall–Kier alpha value is -3.96. The number of nitrogen functional groups attached to an aromatic ring is 1. The third-order valence-electron chi connectivity index (χ3n) is 9.66. The number of benzene rings is 4. The fourth-order valence-electron chi connectivity index (χ4n) is 6.99. The van der Waals surface area contributed by atoms with Crippen molar-refractivity contribution in [3.05, 3.63) is 112 Å². The van der Waals surface area contributed by atoms with E-state index < -0.39 is 19.7 Å². The van der Waals surface area contributed by atoms with Crippen molar-refractivity contribution in [2.75, 3.05) is 62.8 Å². The highest BCUT2D eigenvalue weighted by atomic mass is 79.9. The molecular weight excluding hydrogens is 871 g/mol. The van der Waals surface area contributed by atoms with Gasteiger partial charge in [-0.2, -0.15) is 0 Å². The first-order chi connectivity index (χ1) is 27.2.